The Morgan fingerprint density at radius 2 is 2.26 bits per heavy atom. The molecule has 2 aromatic rings. The average molecular weight is 298 g/mol. The third kappa shape index (κ3) is 3.86. The lowest BCUT2D eigenvalue weighted by atomic mass is 10.4. The summed E-state index contributed by atoms with van der Waals surface area (Å²) in [6.45, 7) is 3.20. The molecular weight excluding hydrogens is 288 g/mol. The first kappa shape index (κ1) is 13.7. The molecule has 2 heterocycles. The van der Waals surface area contributed by atoms with E-state index in [2.05, 4.69) is 20.7 Å². The fourth-order valence-electron chi connectivity index (χ4n) is 1.12. The van der Waals surface area contributed by atoms with Crippen molar-refractivity contribution in [3.05, 3.63) is 17.5 Å². The second-order valence-corrected chi connectivity index (χ2v) is 5.84. The predicted molar refractivity (Wildman–Crippen MR) is 70.5 cm³/mol. The highest BCUT2D eigenvalue weighted by Gasteiger charge is 2.14. The van der Waals surface area contributed by atoms with E-state index in [4.69, 9.17) is 4.52 Å². The Labute approximate surface area is 116 Å². The van der Waals surface area contributed by atoms with E-state index in [1.165, 1.54) is 36.1 Å². The molecule has 0 aromatic carbocycles. The number of nitrogens with zero attached hydrogens (tertiary/aromatic N) is 3. The average Bonchev–Trinajstić information content (AvgIpc) is 2.95. The van der Waals surface area contributed by atoms with Crippen LogP contribution in [0.2, 0.25) is 0 Å². The number of rotatable bonds is 5. The molecule has 0 bridgehead atoms. The normalized spacial score (nSPS) is 10.4. The number of aromatic nitrogens is 3. The number of thioether (sulfide) groups is 1. The molecular formula is C10H10N4O3S2. The Bertz CT molecular complexity index is 607. The van der Waals surface area contributed by atoms with Gasteiger partial charge in [0.15, 0.2) is 10.0 Å². The third-order valence-corrected chi connectivity index (χ3v) is 4.00. The highest BCUT2D eigenvalue weighted by Crippen LogP contribution is 2.25. The van der Waals surface area contributed by atoms with E-state index in [1.54, 1.807) is 6.92 Å². The van der Waals surface area contributed by atoms with Gasteiger partial charge < -0.3 is 4.52 Å². The standard InChI is InChI=1S/C10H10N4O3S2/c1-5(15)4-18-10-13-12-9(19-10)11-8(16)7-3-6(2)17-14-7/h3H,4H2,1-2H3,(H,11,12,16). The van der Waals surface area contributed by atoms with Crippen LogP contribution >= 0.6 is 23.1 Å². The van der Waals surface area contributed by atoms with Crippen LogP contribution in [0.5, 0.6) is 0 Å². The van der Waals surface area contributed by atoms with Crippen molar-refractivity contribution >= 4 is 39.9 Å². The fraction of sp³-hybridized carbons (Fsp3) is 0.300. The number of anilines is 1. The smallest absolute Gasteiger partial charge is 0.279 e. The largest absolute Gasteiger partial charge is 0.361 e. The highest BCUT2D eigenvalue weighted by atomic mass is 32.2. The maximum absolute atomic E-state index is 11.7. The Kier molecular flexibility index (Phi) is 4.27. The number of hydrogen-bond acceptors (Lipinski definition) is 8. The van der Waals surface area contributed by atoms with Gasteiger partial charge in [-0.1, -0.05) is 28.3 Å². The Balaban J connectivity index is 1.96. The van der Waals surface area contributed by atoms with Gasteiger partial charge in [-0.25, -0.2) is 0 Å². The second-order valence-electron chi connectivity index (χ2n) is 3.64. The number of amides is 1. The second kappa shape index (κ2) is 5.93. The molecule has 0 radical (unpaired) electrons. The van der Waals surface area contributed by atoms with Crippen LogP contribution in [-0.2, 0) is 4.79 Å². The van der Waals surface area contributed by atoms with Crippen molar-refractivity contribution in [2.75, 3.05) is 11.1 Å². The number of nitrogens with one attached hydrogen (secondary N) is 1. The van der Waals surface area contributed by atoms with Gasteiger partial charge in [-0.2, -0.15) is 0 Å². The molecule has 0 saturated heterocycles. The molecule has 0 saturated carbocycles. The van der Waals surface area contributed by atoms with Crippen molar-refractivity contribution in [2.24, 2.45) is 0 Å². The zero-order valence-electron chi connectivity index (χ0n) is 10.2. The van der Waals surface area contributed by atoms with Crippen molar-refractivity contribution in [2.45, 2.75) is 18.2 Å². The number of carbonyl (C=O) groups is 2. The van der Waals surface area contributed by atoms with Gasteiger partial charge in [0.05, 0.1) is 5.75 Å². The summed E-state index contributed by atoms with van der Waals surface area (Å²) in [5.74, 6) is 0.547. The van der Waals surface area contributed by atoms with Crippen molar-refractivity contribution in [3.8, 4) is 0 Å². The van der Waals surface area contributed by atoms with Gasteiger partial charge in [0, 0.05) is 6.07 Å². The number of carbonyl (C=O) groups excluding carboxylic acids is 2. The lowest BCUT2D eigenvalue weighted by Crippen LogP contribution is -2.11. The van der Waals surface area contributed by atoms with Gasteiger partial charge in [0.2, 0.25) is 5.13 Å². The predicted octanol–water partition coefficient (Wildman–Crippen LogP) is 1.77. The molecule has 0 atom stereocenters. The SMILES string of the molecule is CC(=O)CSc1nnc(NC(=O)c2cc(C)on2)s1. The molecule has 1 N–H and O–H groups in total. The summed E-state index contributed by atoms with van der Waals surface area (Å²) in [6.07, 6.45) is 0. The maximum atomic E-state index is 11.7. The van der Waals surface area contributed by atoms with Gasteiger partial charge >= 0.3 is 0 Å². The Morgan fingerprint density at radius 3 is 2.89 bits per heavy atom. The zero-order valence-corrected chi connectivity index (χ0v) is 11.8. The molecule has 0 unspecified atom stereocenters. The maximum Gasteiger partial charge on any atom is 0.279 e. The lowest BCUT2D eigenvalue weighted by molar-refractivity contribution is -0.114. The molecule has 0 spiro atoms. The van der Waals surface area contributed by atoms with E-state index in [0.717, 1.165) is 0 Å². The van der Waals surface area contributed by atoms with Crippen molar-refractivity contribution < 1.29 is 14.1 Å². The van der Waals surface area contributed by atoms with E-state index in [1.807, 2.05) is 0 Å². The highest BCUT2D eigenvalue weighted by molar-refractivity contribution is 8.01. The van der Waals surface area contributed by atoms with Gasteiger partial charge in [-0.15, -0.1) is 10.2 Å². The summed E-state index contributed by atoms with van der Waals surface area (Å²) in [5, 5.41) is 14.2. The van der Waals surface area contributed by atoms with Crippen LogP contribution in [0.3, 0.4) is 0 Å². The minimum absolute atomic E-state index is 0.0591. The van der Waals surface area contributed by atoms with E-state index < -0.39 is 5.91 Å². The van der Waals surface area contributed by atoms with Crippen LogP contribution in [-0.4, -0.2) is 32.8 Å². The first-order chi connectivity index (χ1) is 9.04. The van der Waals surface area contributed by atoms with Crippen LogP contribution in [0.1, 0.15) is 23.2 Å². The molecule has 0 aliphatic rings. The number of aryl methyl sites for hydroxylation is 1. The Morgan fingerprint density at radius 1 is 1.47 bits per heavy atom. The monoisotopic (exact) mass is 298 g/mol. The third-order valence-electron chi connectivity index (χ3n) is 1.89. The lowest BCUT2D eigenvalue weighted by Gasteiger charge is -1.94. The summed E-state index contributed by atoms with van der Waals surface area (Å²) in [4.78, 5) is 22.6. The minimum Gasteiger partial charge on any atom is -0.361 e. The fourth-order valence-corrected chi connectivity index (χ4v) is 2.66. The van der Waals surface area contributed by atoms with Crippen LogP contribution in [0.25, 0.3) is 0 Å². The molecule has 0 aliphatic heterocycles. The van der Waals surface area contributed by atoms with Crippen molar-refractivity contribution in [1.29, 1.82) is 0 Å². The van der Waals surface area contributed by atoms with Crippen LogP contribution in [0.15, 0.2) is 14.9 Å². The minimum atomic E-state index is -0.406. The summed E-state index contributed by atoms with van der Waals surface area (Å²) in [7, 11) is 0. The van der Waals surface area contributed by atoms with E-state index in [0.29, 0.717) is 21.0 Å². The summed E-state index contributed by atoms with van der Waals surface area (Å²) >= 11 is 2.49. The molecule has 0 aliphatic carbocycles. The van der Waals surface area contributed by atoms with Crippen LogP contribution < -0.4 is 5.32 Å². The molecule has 1 amide bonds. The topological polar surface area (TPSA) is 98.0 Å². The zero-order chi connectivity index (χ0) is 13.8. The van der Waals surface area contributed by atoms with Crippen molar-refractivity contribution in [1.82, 2.24) is 15.4 Å². The van der Waals surface area contributed by atoms with E-state index in [-0.39, 0.29) is 11.5 Å². The van der Waals surface area contributed by atoms with Crippen molar-refractivity contribution in [3.63, 3.8) is 0 Å². The van der Waals surface area contributed by atoms with E-state index >= 15 is 0 Å². The number of hydrogen-bond donors (Lipinski definition) is 1. The van der Waals surface area contributed by atoms with Crippen LogP contribution in [0.4, 0.5) is 5.13 Å². The van der Waals surface area contributed by atoms with Gasteiger partial charge in [0.25, 0.3) is 5.91 Å². The molecule has 9 heteroatoms. The van der Waals surface area contributed by atoms with Crippen LogP contribution in [0, 0.1) is 6.92 Å². The molecule has 2 rings (SSSR count). The molecule has 100 valence electrons. The molecule has 0 fully saturated rings. The first-order valence-corrected chi connectivity index (χ1v) is 7.05. The summed E-state index contributed by atoms with van der Waals surface area (Å²) in [5.41, 5.74) is 0.186. The van der Waals surface area contributed by atoms with Gasteiger partial charge in [-0.05, 0) is 13.8 Å². The number of ketones is 1. The summed E-state index contributed by atoms with van der Waals surface area (Å²) in [6, 6.07) is 1.53. The quantitative estimate of drug-likeness (QED) is 0.663. The summed E-state index contributed by atoms with van der Waals surface area (Å²) < 4.78 is 5.44. The van der Waals surface area contributed by atoms with E-state index in [9.17, 15) is 9.59 Å². The molecule has 7 nitrogen and oxygen atoms in total. The Hall–Kier alpha value is -1.74. The molecule has 2 aromatic heterocycles. The first-order valence-electron chi connectivity index (χ1n) is 5.25. The van der Waals surface area contributed by atoms with Gasteiger partial charge in [0.1, 0.15) is 11.5 Å². The molecule has 19 heavy (non-hydrogen) atoms. The van der Waals surface area contributed by atoms with Gasteiger partial charge in [-0.3, -0.25) is 14.9 Å². The number of Topliss-reactive ketones (excluding diaryl/α,β-unsaturated/α-hetero) is 1.